The van der Waals surface area contributed by atoms with Crippen LogP contribution >= 0.6 is 11.3 Å². The van der Waals surface area contributed by atoms with Crippen LogP contribution in [-0.4, -0.2) is 18.3 Å². The highest BCUT2D eigenvalue weighted by Gasteiger charge is 2.31. The number of aliphatic hydroxyl groups excluding tert-OH is 1. The highest BCUT2D eigenvalue weighted by Crippen LogP contribution is 2.36. The Hall–Kier alpha value is -0.380. The van der Waals surface area contributed by atoms with E-state index in [4.69, 9.17) is 0 Å². The van der Waals surface area contributed by atoms with Crippen LogP contribution in [0, 0.1) is 5.41 Å². The van der Waals surface area contributed by atoms with Crippen LogP contribution in [0.3, 0.4) is 0 Å². The van der Waals surface area contributed by atoms with Crippen molar-refractivity contribution in [3.8, 4) is 0 Å². The van der Waals surface area contributed by atoms with E-state index in [1.54, 1.807) is 0 Å². The van der Waals surface area contributed by atoms with Gasteiger partial charge in [-0.25, -0.2) is 0 Å². The Balaban J connectivity index is 1.93. The van der Waals surface area contributed by atoms with Crippen LogP contribution in [0.2, 0.25) is 0 Å². The first-order valence-electron chi connectivity index (χ1n) is 7.67. The van der Waals surface area contributed by atoms with Gasteiger partial charge in [0.2, 0.25) is 0 Å². The van der Waals surface area contributed by atoms with E-state index in [2.05, 4.69) is 29.8 Å². The summed E-state index contributed by atoms with van der Waals surface area (Å²) in [7, 11) is 0. The fraction of sp³-hybridized carbons (Fsp3) is 0.750. The molecule has 2 rings (SSSR count). The SMILES string of the molecule is CCCC(NCC1(CO)CCCCC1)c1cccs1. The fourth-order valence-corrected chi connectivity index (χ4v) is 3.99. The normalized spacial score (nSPS) is 20.3. The molecule has 1 heterocycles. The molecule has 1 atom stereocenters. The zero-order chi connectivity index (χ0) is 13.6. The number of rotatable bonds is 7. The summed E-state index contributed by atoms with van der Waals surface area (Å²) < 4.78 is 0. The summed E-state index contributed by atoms with van der Waals surface area (Å²) in [5.41, 5.74) is 0.140. The van der Waals surface area contributed by atoms with E-state index in [0.29, 0.717) is 12.6 Å². The number of aliphatic hydroxyl groups is 1. The quantitative estimate of drug-likeness (QED) is 0.788. The maximum Gasteiger partial charge on any atom is 0.0499 e. The molecule has 19 heavy (non-hydrogen) atoms. The highest BCUT2D eigenvalue weighted by molar-refractivity contribution is 7.10. The molecule has 3 heteroatoms. The van der Waals surface area contributed by atoms with Crippen molar-refractivity contribution in [3.05, 3.63) is 22.4 Å². The van der Waals surface area contributed by atoms with Gasteiger partial charge in [0.1, 0.15) is 0 Å². The standard InChI is InChI=1S/C16H27NOS/c1-2-7-14(15-8-6-11-19-15)17-12-16(13-18)9-4-3-5-10-16/h6,8,11,14,17-18H,2-5,7,9-10,12-13H2,1H3. The van der Waals surface area contributed by atoms with Gasteiger partial charge in [-0.1, -0.05) is 38.7 Å². The lowest BCUT2D eigenvalue weighted by Gasteiger charge is -2.37. The summed E-state index contributed by atoms with van der Waals surface area (Å²) in [6.07, 6.45) is 8.63. The van der Waals surface area contributed by atoms with Crippen LogP contribution in [0.1, 0.15) is 62.8 Å². The molecule has 0 aromatic carbocycles. The number of thiophene rings is 1. The molecule has 1 saturated carbocycles. The van der Waals surface area contributed by atoms with Gasteiger partial charge in [-0.05, 0) is 30.7 Å². The maximum absolute atomic E-state index is 9.78. The average Bonchev–Trinajstić information content (AvgIpc) is 2.98. The van der Waals surface area contributed by atoms with Gasteiger partial charge in [0, 0.05) is 29.5 Å². The summed E-state index contributed by atoms with van der Waals surface area (Å²) in [5.74, 6) is 0. The van der Waals surface area contributed by atoms with Crippen molar-refractivity contribution in [2.45, 2.75) is 57.9 Å². The summed E-state index contributed by atoms with van der Waals surface area (Å²) >= 11 is 1.84. The van der Waals surface area contributed by atoms with E-state index >= 15 is 0 Å². The molecule has 1 aliphatic rings. The zero-order valence-corrected chi connectivity index (χ0v) is 12.8. The van der Waals surface area contributed by atoms with E-state index in [0.717, 1.165) is 6.54 Å². The molecule has 1 aromatic rings. The third kappa shape index (κ3) is 4.04. The summed E-state index contributed by atoms with van der Waals surface area (Å²) in [6.45, 7) is 3.54. The minimum Gasteiger partial charge on any atom is -0.396 e. The monoisotopic (exact) mass is 281 g/mol. The van der Waals surface area contributed by atoms with Gasteiger partial charge in [0.05, 0.1) is 0 Å². The van der Waals surface area contributed by atoms with Crippen molar-refractivity contribution < 1.29 is 5.11 Å². The lowest BCUT2D eigenvalue weighted by molar-refractivity contribution is 0.0780. The molecule has 1 aromatic heterocycles. The second-order valence-corrected chi connectivity index (χ2v) is 6.94. The van der Waals surface area contributed by atoms with E-state index in [1.807, 2.05) is 11.3 Å². The van der Waals surface area contributed by atoms with Gasteiger partial charge < -0.3 is 10.4 Å². The molecule has 0 aliphatic heterocycles. The lowest BCUT2D eigenvalue weighted by Crippen LogP contribution is -2.40. The fourth-order valence-electron chi connectivity index (χ4n) is 3.16. The minimum atomic E-state index is 0.140. The topological polar surface area (TPSA) is 32.3 Å². The molecule has 0 radical (unpaired) electrons. The number of nitrogens with one attached hydrogen (secondary N) is 1. The number of hydrogen-bond acceptors (Lipinski definition) is 3. The Morgan fingerprint density at radius 3 is 2.74 bits per heavy atom. The first-order valence-corrected chi connectivity index (χ1v) is 8.55. The molecule has 2 N–H and O–H groups in total. The van der Waals surface area contributed by atoms with E-state index < -0.39 is 0 Å². The van der Waals surface area contributed by atoms with E-state index in [1.165, 1.54) is 49.8 Å². The van der Waals surface area contributed by atoms with Gasteiger partial charge in [0.25, 0.3) is 0 Å². The number of hydrogen-bond donors (Lipinski definition) is 2. The van der Waals surface area contributed by atoms with Gasteiger partial charge in [-0.3, -0.25) is 0 Å². The third-order valence-corrected chi connectivity index (χ3v) is 5.42. The lowest BCUT2D eigenvalue weighted by atomic mass is 9.74. The maximum atomic E-state index is 9.78. The molecule has 0 spiro atoms. The van der Waals surface area contributed by atoms with Gasteiger partial charge in [-0.2, -0.15) is 0 Å². The zero-order valence-electron chi connectivity index (χ0n) is 12.0. The third-order valence-electron chi connectivity index (χ3n) is 4.44. The van der Waals surface area contributed by atoms with Crippen LogP contribution in [0.5, 0.6) is 0 Å². The molecule has 0 amide bonds. The Morgan fingerprint density at radius 2 is 2.16 bits per heavy atom. The first kappa shape index (κ1) is 15.0. The predicted molar refractivity (Wildman–Crippen MR) is 82.6 cm³/mol. The summed E-state index contributed by atoms with van der Waals surface area (Å²) in [5, 5.41) is 15.7. The van der Waals surface area contributed by atoms with Crippen molar-refractivity contribution >= 4 is 11.3 Å². The van der Waals surface area contributed by atoms with Crippen LogP contribution in [0.25, 0.3) is 0 Å². The Labute approximate surface area is 121 Å². The van der Waals surface area contributed by atoms with Crippen LogP contribution in [0.15, 0.2) is 17.5 Å². The summed E-state index contributed by atoms with van der Waals surface area (Å²) in [6, 6.07) is 4.83. The predicted octanol–water partition coefficient (Wildman–Crippen LogP) is 4.12. The average molecular weight is 281 g/mol. The molecule has 2 nitrogen and oxygen atoms in total. The van der Waals surface area contributed by atoms with Crippen molar-refractivity contribution in [2.24, 2.45) is 5.41 Å². The van der Waals surface area contributed by atoms with E-state index in [-0.39, 0.29) is 5.41 Å². The molecule has 1 unspecified atom stereocenters. The molecular formula is C16H27NOS. The largest absolute Gasteiger partial charge is 0.396 e. The van der Waals surface area contributed by atoms with Crippen molar-refractivity contribution in [1.29, 1.82) is 0 Å². The Kier molecular flexibility index (Phi) is 5.86. The summed E-state index contributed by atoms with van der Waals surface area (Å²) in [4.78, 5) is 1.44. The van der Waals surface area contributed by atoms with Crippen LogP contribution in [0.4, 0.5) is 0 Å². The molecule has 0 saturated heterocycles. The first-order chi connectivity index (χ1) is 9.29. The minimum absolute atomic E-state index is 0.140. The van der Waals surface area contributed by atoms with Gasteiger partial charge in [0.15, 0.2) is 0 Å². The Bertz CT molecular complexity index is 344. The van der Waals surface area contributed by atoms with Gasteiger partial charge in [-0.15, -0.1) is 11.3 Å². The highest BCUT2D eigenvalue weighted by atomic mass is 32.1. The Morgan fingerprint density at radius 1 is 1.37 bits per heavy atom. The molecule has 0 bridgehead atoms. The second-order valence-electron chi connectivity index (χ2n) is 5.96. The van der Waals surface area contributed by atoms with E-state index in [9.17, 15) is 5.11 Å². The van der Waals surface area contributed by atoms with Gasteiger partial charge >= 0.3 is 0 Å². The molecule has 1 aliphatic carbocycles. The van der Waals surface area contributed by atoms with Crippen LogP contribution in [-0.2, 0) is 0 Å². The molecule has 108 valence electrons. The molecular weight excluding hydrogens is 254 g/mol. The van der Waals surface area contributed by atoms with Crippen molar-refractivity contribution in [1.82, 2.24) is 5.32 Å². The van der Waals surface area contributed by atoms with Crippen molar-refractivity contribution in [2.75, 3.05) is 13.2 Å². The van der Waals surface area contributed by atoms with Crippen molar-refractivity contribution in [3.63, 3.8) is 0 Å². The molecule has 1 fully saturated rings. The second kappa shape index (κ2) is 7.41. The van der Waals surface area contributed by atoms with Crippen LogP contribution < -0.4 is 5.32 Å². The smallest absolute Gasteiger partial charge is 0.0499 e.